The number of fused-ring (bicyclic) bond motifs is 1. The zero-order valence-electron chi connectivity index (χ0n) is 14.7. The fraction of sp³-hybridized carbons (Fsp3) is 0.350. The Morgan fingerprint density at radius 1 is 1.04 bits per heavy atom. The van der Waals surface area contributed by atoms with Crippen molar-refractivity contribution in [2.75, 3.05) is 25.2 Å². The Balaban J connectivity index is 1.91. The molecule has 0 saturated carbocycles. The molecular weight excluding hydrogens is 382 g/mol. The minimum atomic E-state index is -0.176. The van der Waals surface area contributed by atoms with Gasteiger partial charge in [0.2, 0.25) is 5.91 Å². The van der Waals surface area contributed by atoms with Gasteiger partial charge in [-0.25, -0.2) is 0 Å². The van der Waals surface area contributed by atoms with E-state index < -0.39 is 0 Å². The van der Waals surface area contributed by atoms with Crippen molar-refractivity contribution in [3.05, 3.63) is 52.0 Å². The monoisotopic (exact) mass is 403 g/mol. The van der Waals surface area contributed by atoms with Crippen LogP contribution in [0.25, 0.3) is 0 Å². The van der Waals surface area contributed by atoms with Crippen LogP contribution in [0.5, 0.6) is 11.5 Å². The van der Waals surface area contributed by atoms with Crippen LogP contribution in [-0.4, -0.2) is 26.2 Å². The van der Waals surface area contributed by atoms with E-state index in [1.54, 1.807) is 4.90 Å². The molecule has 25 heavy (non-hydrogen) atoms. The first kappa shape index (κ1) is 17.8. The Kier molecular flexibility index (Phi) is 5.33. The molecule has 1 aliphatic heterocycles. The molecule has 1 heterocycles. The lowest BCUT2D eigenvalue weighted by Crippen LogP contribution is -2.24. The fourth-order valence-electron chi connectivity index (χ4n) is 3.25. The molecule has 0 N–H and O–H groups in total. The second-order valence-corrected chi connectivity index (χ2v) is 6.92. The van der Waals surface area contributed by atoms with Gasteiger partial charge in [0.1, 0.15) is 0 Å². The van der Waals surface area contributed by atoms with E-state index in [1.807, 2.05) is 57.3 Å². The van der Waals surface area contributed by atoms with Crippen LogP contribution in [0.2, 0.25) is 0 Å². The fourth-order valence-corrected chi connectivity index (χ4v) is 3.63. The van der Waals surface area contributed by atoms with Crippen molar-refractivity contribution in [2.45, 2.75) is 26.2 Å². The van der Waals surface area contributed by atoms with E-state index >= 15 is 0 Å². The molecule has 3 rings (SSSR count). The molecule has 2 aromatic rings. The first-order chi connectivity index (χ1) is 12.0. The summed E-state index contributed by atoms with van der Waals surface area (Å²) in [7, 11) is 1.83. The summed E-state index contributed by atoms with van der Waals surface area (Å²) in [6.45, 7) is 5.06. The summed E-state index contributed by atoms with van der Waals surface area (Å²) in [4.78, 5) is 14.5. The third-order valence-corrected chi connectivity index (χ3v) is 4.90. The molecule has 132 valence electrons. The van der Waals surface area contributed by atoms with E-state index in [0.717, 1.165) is 32.8 Å². The largest absolute Gasteiger partial charge is 0.490 e. The smallest absolute Gasteiger partial charge is 0.234 e. The van der Waals surface area contributed by atoms with Gasteiger partial charge in [-0.2, -0.15) is 0 Å². The maximum absolute atomic E-state index is 12.7. The third-order valence-electron chi connectivity index (χ3n) is 4.40. The number of carbonyl (C=O) groups is 1. The quantitative estimate of drug-likeness (QED) is 0.709. The van der Waals surface area contributed by atoms with Gasteiger partial charge in [0.05, 0.1) is 19.1 Å². The van der Waals surface area contributed by atoms with Gasteiger partial charge in [0, 0.05) is 17.2 Å². The average Bonchev–Trinajstić information content (AvgIpc) is 2.82. The number of rotatable bonds is 6. The molecule has 0 spiro atoms. The minimum absolute atomic E-state index is 0.125. The molecule has 1 amide bonds. The van der Waals surface area contributed by atoms with Crippen LogP contribution in [0, 0.1) is 0 Å². The first-order valence-corrected chi connectivity index (χ1v) is 9.30. The Bertz CT molecular complexity index is 791. The van der Waals surface area contributed by atoms with E-state index in [-0.39, 0.29) is 11.8 Å². The Morgan fingerprint density at radius 3 is 2.48 bits per heavy atom. The maximum Gasteiger partial charge on any atom is 0.234 e. The topological polar surface area (TPSA) is 38.8 Å². The van der Waals surface area contributed by atoms with Gasteiger partial charge >= 0.3 is 0 Å². The zero-order chi connectivity index (χ0) is 18.0. The van der Waals surface area contributed by atoms with Gasteiger partial charge in [-0.05, 0) is 61.7 Å². The van der Waals surface area contributed by atoms with Gasteiger partial charge in [-0.1, -0.05) is 22.0 Å². The predicted octanol–water partition coefficient (Wildman–Crippen LogP) is 4.55. The lowest BCUT2D eigenvalue weighted by molar-refractivity contribution is -0.119. The third kappa shape index (κ3) is 3.52. The molecule has 0 saturated heterocycles. The van der Waals surface area contributed by atoms with Crippen molar-refractivity contribution < 1.29 is 14.3 Å². The van der Waals surface area contributed by atoms with Crippen molar-refractivity contribution in [1.29, 1.82) is 0 Å². The van der Waals surface area contributed by atoms with Crippen LogP contribution < -0.4 is 14.4 Å². The molecular formula is C20H22BrNO3. The molecule has 1 unspecified atom stereocenters. The van der Waals surface area contributed by atoms with Gasteiger partial charge in [0.15, 0.2) is 11.5 Å². The van der Waals surface area contributed by atoms with E-state index in [2.05, 4.69) is 15.9 Å². The van der Waals surface area contributed by atoms with Gasteiger partial charge in [0.25, 0.3) is 0 Å². The Hall–Kier alpha value is -2.01. The molecule has 4 nitrogen and oxygen atoms in total. The molecule has 0 radical (unpaired) electrons. The number of nitrogens with zero attached hydrogens (tertiary/aromatic N) is 1. The number of benzene rings is 2. The van der Waals surface area contributed by atoms with Crippen LogP contribution in [0.3, 0.4) is 0 Å². The van der Waals surface area contributed by atoms with Crippen LogP contribution >= 0.6 is 15.9 Å². The van der Waals surface area contributed by atoms with Gasteiger partial charge in [-0.15, -0.1) is 0 Å². The highest BCUT2D eigenvalue weighted by molar-refractivity contribution is 9.10. The predicted molar refractivity (Wildman–Crippen MR) is 103 cm³/mol. The maximum atomic E-state index is 12.7. The zero-order valence-corrected chi connectivity index (χ0v) is 16.3. The first-order valence-electron chi connectivity index (χ1n) is 8.50. The standard InChI is InChI=1S/C20H22BrNO3/c1-4-24-18-9-6-13(11-19(18)25-5-2)10-16-15-12-14(21)7-8-17(15)22(3)20(16)23/h6-9,11-12,16H,4-5,10H2,1-3H3. The highest BCUT2D eigenvalue weighted by atomic mass is 79.9. The van der Waals surface area contributed by atoms with E-state index in [4.69, 9.17) is 9.47 Å². The Morgan fingerprint density at radius 2 is 1.76 bits per heavy atom. The Labute approximate surface area is 156 Å². The van der Waals surface area contributed by atoms with Crippen LogP contribution in [0.1, 0.15) is 30.9 Å². The summed E-state index contributed by atoms with van der Waals surface area (Å²) in [6.07, 6.45) is 0.638. The molecule has 0 aliphatic carbocycles. The number of ether oxygens (including phenoxy) is 2. The van der Waals surface area contributed by atoms with Crippen LogP contribution in [0.4, 0.5) is 5.69 Å². The highest BCUT2D eigenvalue weighted by Gasteiger charge is 2.35. The molecule has 0 bridgehead atoms. The number of anilines is 1. The summed E-state index contributed by atoms with van der Waals surface area (Å²) in [6, 6.07) is 11.9. The number of hydrogen-bond acceptors (Lipinski definition) is 3. The number of amides is 1. The molecule has 5 heteroatoms. The van der Waals surface area contributed by atoms with E-state index in [1.165, 1.54) is 0 Å². The lowest BCUT2D eigenvalue weighted by Gasteiger charge is -2.15. The number of likely N-dealkylation sites (N-methyl/N-ethyl adjacent to an activating group) is 1. The van der Waals surface area contributed by atoms with E-state index in [0.29, 0.717) is 19.6 Å². The lowest BCUT2D eigenvalue weighted by atomic mass is 9.93. The van der Waals surface area contributed by atoms with Crippen molar-refractivity contribution in [2.24, 2.45) is 0 Å². The van der Waals surface area contributed by atoms with Crippen molar-refractivity contribution in [3.63, 3.8) is 0 Å². The van der Waals surface area contributed by atoms with Gasteiger partial charge < -0.3 is 14.4 Å². The molecule has 0 fully saturated rings. The number of hydrogen-bond donors (Lipinski definition) is 0. The highest BCUT2D eigenvalue weighted by Crippen LogP contribution is 2.40. The molecule has 1 aliphatic rings. The average molecular weight is 404 g/mol. The summed E-state index contributed by atoms with van der Waals surface area (Å²) in [5.41, 5.74) is 3.11. The molecule has 1 atom stereocenters. The molecule has 2 aromatic carbocycles. The second kappa shape index (κ2) is 7.48. The minimum Gasteiger partial charge on any atom is -0.490 e. The van der Waals surface area contributed by atoms with Gasteiger partial charge in [-0.3, -0.25) is 4.79 Å². The number of carbonyl (C=O) groups excluding carboxylic acids is 1. The number of halogens is 1. The van der Waals surface area contributed by atoms with Crippen molar-refractivity contribution >= 4 is 27.5 Å². The summed E-state index contributed by atoms with van der Waals surface area (Å²) < 4.78 is 12.3. The van der Waals surface area contributed by atoms with Crippen LogP contribution in [0.15, 0.2) is 40.9 Å². The summed E-state index contributed by atoms with van der Waals surface area (Å²) in [5, 5.41) is 0. The summed E-state index contributed by atoms with van der Waals surface area (Å²) in [5.74, 6) is 1.42. The normalized spacial score (nSPS) is 16.1. The molecule has 0 aromatic heterocycles. The van der Waals surface area contributed by atoms with Crippen LogP contribution in [-0.2, 0) is 11.2 Å². The van der Waals surface area contributed by atoms with Crippen molar-refractivity contribution in [3.8, 4) is 11.5 Å². The summed E-state index contributed by atoms with van der Waals surface area (Å²) >= 11 is 3.51. The SMILES string of the molecule is CCOc1ccc(CC2C(=O)N(C)c3ccc(Br)cc32)cc1OCC. The van der Waals surface area contributed by atoms with Crippen molar-refractivity contribution in [1.82, 2.24) is 0 Å². The second-order valence-electron chi connectivity index (χ2n) is 6.00. The van der Waals surface area contributed by atoms with E-state index in [9.17, 15) is 4.79 Å².